The molecule has 13 heavy (non-hydrogen) atoms. The molecule has 0 atom stereocenters. The standard InChI is InChI=1S/C4H12O4P.Cl3P/c5-1-9(2-6,3-7)4-8;1-4(2)3/h5-8H,1-4H2;/q+1;. The highest BCUT2D eigenvalue weighted by Crippen LogP contribution is 2.54. The lowest BCUT2D eigenvalue weighted by Crippen LogP contribution is -2.10. The first-order valence-electron chi connectivity index (χ1n) is 3.04. The van der Waals surface area contributed by atoms with E-state index in [1.54, 1.807) is 0 Å². The lowest BCUT2D eigenvalue weighted by Gasteiger charge is -2.15. The Hall–Kier alpha value is 1.57. The Kier molecular flexibility index (Phi) is 13.2. The van der Waals surface area contributed by atoms with E-state index in [2.05, 4.69) is 0 Å². The summed E-state index contributed by atoms with van der Waals surface area (Å²) in [5.74, 6) is -1.20. The van der Waals surface area contributed by atoms with Crippen LogP contribution in [0.2, 0.25) is 0 Å². The Balaban J connectivity index is 0. The number of rotatable bonds is 4. The lowest BCUT2D eigenvalue weighted by atomic mass is 11.6. The summed E-state index contributed by atoms with van der Waals surface area (Å²) < 4.78 is 0. The minimum Gasteiger partial charge on any atom is -0.361 e. The van der Waals surface area contributed by atoms with E-state index in [-0.39, 0.29) is 25.4 Å². The Morgan fingerprint density at radius 1 is 0.769 bits per heavy atom. The number of halogens is 3. The number of aliphatic hydroxyl groups excluding tert-OH is 4. The molecule has 0 spiro atoms. The van der Waals surface area contributed by atoms with Gasteiger partial charge in [0.1, 0.15) is 7.26 Å². The average molecular weight is 292 g/mol. The van der Waals surface area contributed by atoms with Gasteiger partial charge in [-0.3, -0.25) is 0 Å². The second-order valence-corrected chi connectivity index (χ2v) is 10.9. The van der Waals surface area contributed by atoms with Crippen LogP contribution in [0.5, 0.6) is 0 Å². The predicted molar refractivity (Wildman–Crippen MR) is 59.7 cm³/mol. The summed E-state index contributed by atoms with van der Waals surface area (Å²) in [5.41, 5.74) is 0. The molecule has 0 saturated heterocycles. The first-order chi connectivity index (χ1) is 5.97. The monoisotopic (exact) mass is 291 g/mol. The first kappa shape index (κ1) is 17.0. The first-order valence-corrected chi connectivity index (χ1v) is 9.62. The summed E-state index contributed by atoms with van der Waals surface area (Å²) in [6.07, 6.45) is -1.18. The van der Waals surface area contributed by atoms with Gasteiger partial charge in [-0.1, -0.05) is 33.7 Å². The van der Waals surface area contributed by atoms with Crippen LogP contribution in [0.4, 0.5) is 0 Å². The van der Waals surface area contributed by atoms with E-state index < -0.39 is 13.2 Å². The van der Waals surface area contributed by atoms with Gasteiger partial charge in [-0.05, 0) is 0 Å². The molecule has 0 aromatic carbocycles. The number of aliphatic hydroxyl groups is 4. The molecule has 9 heteroatoms. The zero-order valence-corrected chi connectivity index (χ0v) is 10.7. The summed E-state index contributed by atoms with van der Waals surface area (Å²) in [6, 6.07) is 0. The Labute approximate surface area is 92.9 Å². The van der Waals surface area contributed by atoms with Gasteiger partial charge in [-0.15, -0.1) is 0 Å². The summed E-state index contributed by atoms with van der Waals surface area (Å²) in [5, 5.41) is 34.2. The Bertz CT molecular complexity index is 93.3. The van der Waals surface area contributed by atoms with E-state index in [4.69, 9.17) is 54.1 Å². The van der Waals surface area contributed by atoms with Crippen molar-refractivity contribution in [2.75, 3.05) is 25.4 Å². The molecule has 0 rings (SSSR count). The molecule has 0 aromatic heterocycles. The molecule has 0 aliphatic rings. The molecule has 0 heterocycles. The fourth-order valence-electron chi connectivity index (χ4n) is 0.268. The molecule has 0 unspecified atom stereocenters. The van der Waals surface area contributed by atoms with E-state index in [0.717, 1.165) is 0 Å². The second-order valence-electron chi connectivity index (χ2n) is 2.10. The summed E-state index contributed by atoms with van der Waals surface area (Å²) in [6.45, 7) is 0. The van der Waals surface area contributed by atoms with Crippen LogP contribution in [0.3, 0.4) is 0 Å². The van der Waals surface area contributed by atoms with Crippen LogP contribution in [0.25, 0.3) is 0 Å². The van der Waals surface area contributed by atoms with Crippen LogP contribution in [-0.4, -0.2) is 45.8 Å². The van der Waals surface area contributed by atoms with Gasteiger partial charge in [0.15, 0.2) is 31.4 Å². The summed E-state index contributed by atoms with van der Waals surface area (Å²) in [4.78, 5) is 0. The van der Waals surface area contributed by atoms with Gasteiger partial charge in [0.05, 0.1) is 0 Å². The SMILES string of the molecule is ClP(Cl)Cl.OC[P+](CO)(CO)CO. The zero-order chi connectivity index (χ0) is 10.9. The topological polar surface area (TPSA) is 80.9 Å². The molecule has 4 N–H and O–H groups in total. The maximum Gasteiger partial charge on any atom is 0.179 e. The van der Waals surface area contributed by atoms with E-state index >= 15 is 0 Å². The molecule has 0 aliphatic heterocycles. The van der Waals surface area contributed by atoms with Gasteiger partial charge in [0, 0.05) is 0 Å². The minimum atomic E-state index is -2.20. The van der Waals surface area contributed by atoms with Crippen LogP contribution < -0.4 is 0 Å². The highest BCUT2D eigenvalue weighted by atomic mass is 36.0. The van der Waals surface area contributed by atoms with Crippen molar-refractivity contribution in [1.82, 2.24) is 0 Å². The van der Waals surface area contributed by atoms with Crippen molar-refractivity contribution in [3.8, 4) is 0 Å². The Morgan fingerprint density at radius 3 is 0.923 bits per heavy atom. The van der Waals surface area contributed by atoms with E-state index in [1.165, 1.54) is 0 Å². The molecule has 0 saturated carbocycles. The third-order valence-corrected chi connectivity index (χ3v) is 3.60. The number of hydrogen-bond donors (Lipinski definition) is 4. The largest absolute Gasteiger partial charge is 0.361 e. The Morgan fingerprint density at radius 2 is 0.923 bits per heavy atom. The van der Waals surface area contributed by atoms with Gasteiger partial charge in [-0.25, -0.2) is 0 Å². The van der Waals surface area contributed by atoms with E-state index in [0.29, 0.717) is 0 Å². The summed E-state index contributed by atoms with van der Waals surface area (Å²) >= 11 is 14.6. The van der Waals surface area contributed by atoms with Crippen molar-refractivity contribution in [2.24, 2.45) is 0 Å². The molecular weight excluding hydrogens is 280 g/mol. The van der Waals surface area contributed by atoms with Crippen molar-refractivity contribution in [2.45, 2.75) is 0 Å². The highest BCUT2D eigenvalue weighted by Gasteiger charge is 2.34. The van der Waals surface area contributed by atoms with E-state index in [9.17, 15) is 0 Å². The van der Waals surface area contributed by atoms with Crippen molar-refractivity contribution >= 4 is 47.0 Å². The molecule has 0 aliphatic carbocycles. The number of hydrogen-bond acceptors (Lipinski definition) is 4. The minimum absolute atomic E-state index is 0.295. The smallest absolute Gasteiger partial charge is 0.179 e. The molecular formula is C4H12Cl3O4P2+. The molecule has 0 bridgehead atoms. The van der Waals surface area contributed by atoms with Crippen LogP contribution in [0, 0.1) is 0 Å². The molecule has 4 nitrogen and oxygen atoms in total. The van der Waals surface area contributed by atoms with Crippen LogP contribution in [-0.2, 0) is 0 Å². The molecule has 0 fully saturated rings. The third kappa shape index (κ3) is 9.86. The maximum atomic E-state index is 8.55. The second kappa shape index (κ2) is 10.1. The van der Waals surface area contributed by atoms with E-state index in [1.807, 2.05) is 0 Å². The molecule has 0 radical (unpaired) electrons. The van der Waals surface area contributed by atoms with Gasteiger partial charge in [0.2, 0.25) is 0 Å². The van der Waals surface area contributed by atoms with Gasteiger partial charge in [-0.2, -0.15) is 0 Å². The van der Waals surface area contributed by atoms with Crippen molar-refractivity contribution in [3.63, 3.8) is 0 Å². The average Bonchev–Trinajstić information content (AvgIpc) is 2.09. The molecule has 0 aromatic rings. The van der Waals surface area contributed by atoms with Gasteiger partial charge in [0.25, 0.3) is 0 Å². The fourth-order valence-corrected chi connectivity index (χ4v) is 0.805. The van der Waals surface area contributed by atoms with Gasteiger partial charge >= 0.3 is 0 Å². The van der Waals surface area contributed by atoms with Crippen molar-refractivity contribution in [3.05, 3.63) is 0 Å². The third-order valence-electron chi connectivity index (χ3n) is 1.20. The van der Waals surface area contributed by atoms with Crippen LogP contribution in [0.15, 0.2) is 0 Å². The normalized spacial score (nSPS) is 11.1. The molecule has 82 valence electrons. The summed E-state index contributed by atoms with van der Waals surface area (Å²) in [7, 11) is -2.20. The fraction of sp³-hybridized carbons (Fsp3) is 1.00. The molecule has 0 amide bonds. The van der Waals surface area contributed by atoms with Crippen molar-refractivity contribution < 1.29 is 20.4 Å². The van der Waals surface area contributed by atoms with Crippen LogP contribution in [0.1, 0.15) is 0 Å². The van der Waals surface area contributed by atoms with Crippen molar-refractivity contribution in [1.29, 1.82) is 0 Å². The lowest BCUT2D eigenvalue weighted by molar-refractivity contribution is 0.288. The predicted octanol–water partition coefficient (Wildman–Crippen LogP) is 1.73. The zero-order valence-electron chi connectivity index (χ0n) is 6.65. The maximum absolute atomic E-state index is 8.55. The van der Waals surface area contributed by atoms with Gasteiger partial charge < -0.3 is 20.4 Å². The van der Waals surface area contributed by atoms with Crippen LogP contribution >= 0.6 is 47.0 Å². The quantitative estimate of drug-likeness (QED) is 0.595. The highest BCUT2D eigenvalue weighted by molar-refractivity contribution is 8.20.